The summed E-state index contributed by atoms with van der Waals surface area (Å²) in [5, 5.41) is 2.30. The highest BCUT2D eigenvalue weighted by atomic mass is 19.1. The van der Waals surface area contributed by atoms with Gasteiger partial charge in [0.2, 0.25) is 5.91 Å². The lowest BCUT2D eigenvalue weighted by atomic mass is 10.1. The number of rotatable bonds is 3. The highest BCUT2D eigenvalue weighted by molar-refractivity contribution is 5.99. The molecule has 0 heterocycles. The van der Waals surface area contributed by atoms with Gasteiger partial charge in [-0.2, -0.15) is 0 Å². The van der Waals surface area contributed by atoms with E-state index in [4.69, 9.17) is 0 Å². The normalized spacial score (nSPS) is 9.59. The molecule has 0 radical (unpaired) electrons. The molecule has 1 N–H and O–H groups in total. The van der Waals surface area contributed by atoms with Crippen molar-refractivity contribution in [2.45, 2.75) is 0 Å². The third kappa shape index (κ3) is 3.14. The predicted molar refractivity (Wildman–Crippen MR) is 63.2 cm³/mol. The zero-order chi connectivity index (χ0) is 13.0. The van der Waals surface area contributed by atoms with E-state index in [1.807, 2.05) is 0 Å². The summed E-state index contributed by atoms with van der Waals surface area (Å²) in [7, 11) is 3.15. The lowest BCUT2D eigenvalue weighted by molar-refractivity contribution is -0.111. The summed E-state index contributed by atoms with van der Waals surface area (Å²) in [6.45, 7) is 3.26. The van der Waals surface area contributed by atoms with Crippen molar-refractivity contribution >= 4 is 17.5 Å². The number of benzene rings is 1. The zero-order valence-electron chi connectivity index (χ0n) is 9.66. The molecule has 0 aliphatic heterocycles. The molecule has 0 saturated heterocycles. The van der Waals surface area contributed by atoms with Crippen LogP contribution < -0.4 is 5.32 Å². The van der Waals surface area contributed by atoms with E-state index in [2.05, 4.69) is 11.9 Å². The summed E-state index contributed by atoms with van der Waals surface area (Å²) in [5.74, 6) is -1.46. The Kier molecular flexibility index (Phi) is 3.98. The van der Waals surface area contributed by atoms with E-state index in [9.17, 15) is 14.0 Å². The van der Waals surface area contributed by atoms with Crippen LogP contribution in [0.3, 0.4) is 0 Å². The zero-order valence-corrected chi connectivity index (χ0v) is 9.66. The topological polar surface area (TPSA) is 49.4 Å². The highest BCUT2D eigenvalue weighted by Gasteiger charge is 2.11. The number of anilines is 1. The lowest BCUT2D eigenvalue weighted by Crippen LogP contribution is -2.22. The first-order valence-corrected chi connectivity index (χ1v) is 4.90. The second-order valence-electron chi connectivity index (χ2n) is 3.59. The first-order chi connectivity index (χ1) is 7.95. The molecule has 0 fully saturated rings. The molecule has 0 unspecified atom stereocenters. The number of carbonyl (C=O) groups is 2. The molecule has 2 amide bonds. The molecule has 0 spiro atoms. The molecular formula is C12H13FN2O2. The highest BCUT2D eigenvalue weighted by Crippen LogP contribution is 2.16. The maximum atomic E-state index is 13.6. The number of hydrogen-bond acceptors (Lipinski definition) is 2. The van der Waals surface area contributed by atoms with Crippen LogP contribution in [-0.4, -0.2) is 30.8 Å². The minimum Gasteiger partial charge on any atom is -0.345 e. The molecule has 0 saturated carbocycles. The molecule has 0 aliphatic carbocycles. The van der Waals surface area contributed by atoms with Crippen LogP contribution in [0.25, 0.3) is 0 Å². The van der Waals surface area contributed by atoms with Crippen LogP contribution in [0.2, 0.25) is 0 Å². The molecule has 0 atom stereocenters. The Balaban J connectivity index is 2.97. The average molecular weight is 236 g/mol. The molecule has 1 rings (SSSR count). The summed E-state index contributed by atoms with van der Waals surface area (Å²) in [5.41, 5.74) is 0.245. The van der Waals surface area contributed by atoms with Crippen molar-refractivity contribution in [1.82, 2.24) is 4.90 Å². The van der Waals surface area contributed by atoms with Crippen molar-refractivity contribution in [2.24, 2.45) is 0 Å². The minimum atomic E-state index is -0.659. The number of amides is 2. The fraction of sp³-hybridized carbons (Fsp3) is 0.167. The Hall–Kier alpha value is -2.17. The van der Waals surface area contributed by atoms with Gasteiger partial charge in [-0.25, -0.2) is 4.39 Å². The Labute approximate surface area is 98.7 Å². The van der Waals surface area contributed by atoms with Gasteiger partial charge in [-0.15, -0.1) is 0 Å². The Morgan fingerprint density at radius 2 is 2.06 bits per heavy atom. The second kappa shape index (κ2) is 5.25. The van der Waals surface area contributed by atoms with E-state index >= 15 is 0 Å². The summed E-state index contributed by atoms with van der Waals surface area (Å²) < 4.78 is 13.6. The fourth-order valence-corrected chi connectivity index (χ4v) is 1.19. The first-order valence-electron chi connectivity index (χ1n) is 4.90. The monoisotopic (exact) mass is 236 g/mol. The summed E-state index contributed by atoms with van der Waals surface area (Å²) in [6.07, 6.45) is 1.04. The van der Waals surface area contributed by atoms with Crippen molar-refractivity contribution in [3.63, 3.8) is 0 Å². The van der Waals surface area contributed by atoms with E-state index in [1.54, 1.807) is 14.1 Å². The van der Waals surface area contributed by atoms with Gasteiger partial charge < -0.3 is 10.2 Å². The molecular weight excluding hydrogens is 223 g/mol. The molecule has 4 nitrogen and oxygen atoms in total. The van der Waals surface area contributed by atoms with Gasteiger partial charge in [0.1, 0.15) is 5.82 Å². The maximum absolute atomic E-state index is 13.6. The van der Waals surface area contributed by atoms with Gasteiger partial charge in [0.05, 0.1) is 5.69 Å². The lowest BCUT2D eigenvalue weighted by Gasteiger charge is -2.11. The molecule has 1 aromatic carbocycles. The van der Waals surface area contributed by atoms with Crippen molar-refractivity contribution in [2.75, 3.05) is 19.4 Å². The largest absolute Gasteiger partial charge is 0.345 e. The quantitative estimate of drug-likeness (QED) is 0.811. The number of halogens is 1. The predicted octanol–water partition coefficient (Wildman–Crippen LogP) is 1.65. The second-order valence-corrected chi connectivity index (χ2v) is 3.59. The van der Waals surface area contributed by atoms with Crippen LogP contribution in [0.5, 0.6) is 0 Å². The number of carbonyl (C=O) groups excluding carboxylic acids is 2. The van der Waals surface area contributed by atoms with Crippen LogP contribution in [0.1, 0.15) is 10.4 Å². The van der Waals surface area contributed by atoms with Crippen molar-refractivity contribution in [3.05, 3.63) is 42.2 Å². The van der Waals surface area contributed by atoms with Crippen molar-refractivity contribution in [1.29, 1.82) is 0 Å². The third-order valence-electron chi connectivity index (χ3n) is 2.07. The van der Waals surface area contributed by atoms with E-state index < -0.39 is 11.7 Å². The van der Waals surface area contributed by atoms with E-state index in [-0.39, 0.29) is 17.2 Å². The molecule has 5 heteroatoms. The minimum absolute atomic E-state index is 0.0187. The molecule has 1 aromatic rings. The number of nitrogens with zero attached hydrogens (tertiary/aromatic N) is 1. The molecule has 0 aliphatic rings. The van der Waals surface area contributed by atoms with Gasteiger partial charge in [0.15, 0.2) is 0 Å². The van der Waals surface area contributed by atoms with Gasteiger partial charge in [-0.3, -0.25) is 9.59 Å². The third-order valence-corrected chi connectivity index (χ3v) is 2.07. The number of hydrogen-bond donors (Lipinski definition) is 1. The summed E-state index contributed by atoms with van der Waals surface area (Å²) >= 11 is 0. The molecule has 17 heavy (non-hydrogen) atoms. The maximum Gasteiger partial charge on any atom is 0.253 e. The van der Waals surface area contributed by atoms with Crippen LogP contribution in [-0.2, 0) is 4.79 Å². The van der Waals surface area contributed by atoms with Crippen LogP contribution in [0.15, 0.2) is 30.9 Å². The summed E-state index contributed by atoms with van der Waals surface area (Å²) in [6, 6.07) is 3.87. The molecule has 0 bridgehead atoms. The molecule has 90 valence electrons. The molecule has 0 aromatic heterocycles. The Bertz CT molecular complexity index is 470. The fourth-order valence-electron chi connectivity index (χ4n) is 1.19. The Morgan fingerprint density at radius 3 is 2.53 bits per heavy atom. The SMILES string of the molecule is C=CC(=O)Nc1ccc(C(=O)N(C)C)cc1F. The van der Waals surface area contributed by atoms with Gasteiger partial charge in [0, 0.05) is 19.7 Å². The van der Waals surface area contributed by atoms with Gasteiger partial charge in [-0.05, 0) is 24.3 Å². The van der Waals surface area contributed by atoms with E-state index in [0.717, 1.165) is 12.1 Å². The van der Waals surface area contributed by atoms with Crippen molar-refractivity contribution in [3.8, 4) is 0 Å². The van der Waals surface area contributed by atoms with Crippen LogP contribution >= 0.6 is 0 Å². The number of nitrogens with one attached hydrogen (secondary N) is 1. The standard InChI is InChI=1S/C12H13FN2O2/c1-4-11(16)14-10-6-5-8(7-9(10)13)12(17)15(2)3/h4-7H,1H2,2-3H3,(H,14,16). The Morgan fingerprint density at radius 1 is 1.41 bits per heavy atom. The van der Waals surface area contributed by atoms with Gasteiger partial charge in [0.25, 0.3) is 5.91 Å². The average Bonchev–Trinajstić information content (AvgIpc) is 2.30. The smallest absolute Gasteiger partial charge is 0.253 e. The van der Waals surface area contributed by atoms with Crippen LogP contribution in [0, 0.1) is 5.82 Å². The first kappa shape index (κ1) is 12.9. The van der Waals surface area contributed by atoms with Gasteiger partial charge in [-0.1, -0.05) is 6.58 Å². The van der Waals surface area contributed by atoms with Gasteiger partial charge >= 0.3 is 0 Å². The summed E-state index contributed by atoms with van der Waals surface area (Å²) in [4.78, 5) is 23.9. The van der Waals surface area contributed by atoms with Crippen LogP contribution in [0.4, 0.5) is 10.1 Å². The van der Waals surface area contributed by atoms with Crippen molar-refractivity contribution < 1.29 is 14.0 Å². The van der Waals surface area contributed by atoms with E-state index in [0.29, 0.717) is 0 Å². The van der Waals surface area contributed by atoms with E-state index in [1.165, 1.54) is 17.0 Å².